The first kappa shape index (κ1) is 13.7. The smallest absolute Gasteiger partial charge is 0.316 e. The van der Waals surface area contributed by atoms with E-state index in [0.717, 1.165) is 5.56 Å². The zero-order valence-electron chi connectivity index (χ0n) is 9.90. The first-order valence-electron chi connectivity index (χ1n) is 5.48. The fraction of sp³-hybridized carbons (Fsp3) is 0.385. The molecule has 92 valence electrons. The predicted molar refractivity (Wildman–Crippen MR) is 66.0 cm³/mol. The molecule has 0 heterocycles. The summed E-state index contributed by atoms with van der Waals surface area (Å²) in [6.07, 6.45) is 0.195. The van der Waals surface area contributed by atoms with E-state index in [4.69, 9.17) is 16.3 Å². The first-order valence-corrected chi connectivity index (χ1v) is 5.86. The van der Waals surface area contributed by atoms with E-state index in [1.165, 1.54) is 0 Å². The van der Waals surface area contributed by atoms with Crippen molar-refractivity contribution in [1.29, 1.82) is 0 Å². The number of esters is 1. The minimum Gasteiger partial charge on any atom is -0.465 e. The van der Waals surface area contributed by atoms with E-state index in [-0.39, 0.29) is 18.8 Å². The molecule has 0 aliphatic carbocycles. The van der Waals surface area contributed by atoms with Crippen LogP contribution in [-0.2, 0) is 20.7 Å². The van der Waals surface area contributed by atoms with Crippen LogP contribution in [0.2, 0.25) is 5.02 Å². The maximum absolute atomic E-state index is 11.8. The fourth-order valence-electron chi connectivity index (χ4n) is 1.40. The molecule has 1 atom stereocenters. The molecule has 4 heteroatoms. The van der Waals surface area contributed by atoms with Crippen LogP contribution in [0.5, 0.6) is 0 Å². The predicted octanol–water partition coefficient (Wildman–Crippen LogP) is 2.65. The highest BCUT2D eigenvalue weighted by Gasteiger charge is 2.22. The van der Waals surface area contributed by atoms with Gasteiger partial charge in [-0.15, -0.1) is 0 Å². The number of benzene rings is 1. The number of carbonyl (C=O) groups is 2. The van der Waals surface area contributed by atoms with E-state index in [0.29, 0.717) is 5.02 Å². The molecule has 3 nitrogen and oxygen atoms in total. The van der Waals surface area contributed by atoms with Crippen molar-refractivity contribution in [2.75, 3.05) is 6.61 Å². The van der Waals surface area contributed by atoms with Crippen molar-refractivity contribution >= 4 is 23.4 Å². The molecule has 0 unspecified atom stereocenters. The quantitative estimate of drug-likeness (QED) is 0.599. The van der Waals surface area contributed by atoms with Gasteiger partial charge in [-0.25, -0.2) is 0 Å². The normalized spacial score (nSPS) is 11.9. The molecule has 0 amide bonds. The highest BCUT2D eigenvalue weighted by molar-refractivity contribution is 6.30. The van der Waals surface area contributed by atoms with Gasteiger partial charge in [-0.1, -0.05) is 23.7 Å². The van der Waals surface area contributed by atoms with Crippen LogP contribution >= 0.6 is 11.6 Å². The van der Waals surface area contributed by atoms with Crippen molar-refractivity contribution in [3.05, 3.63) is 34.9 Å². The molecule has 0 radical (unpaired) electrons. The molecule has 0 saturated heterocycles. The van der Waals surface area contributed by atoms with Gasteiger partial charge >= 0.3 is 5.97 Å². The van der Waals surface area contributed by atoms with Gasteiger partial charge in [-0.05, 0) is 31.5 Å². The van der Waals surface area contributed by atoms with E-state index in [1.54, 1.807) is 32.0 Å². The summed E-state index contributed by atoms with van der Waals surface area (Å²) in [6.45, 7) is 3.56. The Morgan fingerprint density at radius 3 is 2.71 bits per heavy atom. The molecule has 0 aliphatic heterocycles. The maximum Gasteiger partial charge on any atom is 0.316 e. The minimum absolute atomic E-state index is 0.161. The van der Waals surface area contributed by atoms with Crippen molar-refractivity contribution in [3.8, 4) is 0 Å². The lowest BCUT2D eigenvalue weighted by molar-refractivity contribution is -0.150. The van der Waals surface area contributed by atoms with Crippen LogP contribution in [0.1, 0.15) is 19.4 Å². The largest absolute Gasteiger partial charge is 0.465 e. The second-order valence-electron chi connectivity index (χ2n) is 3.75. The van der Waals surface area contributed by atoms with Gasteiger partial charge in [0.15, 0.2) is 5.78 Å². The van der Waals surface area contributed by atoms with Crippen LogP contribution in [0.4, 0.5) is 0 Å². The molecule has 0 N–H and O–H groups in total. The summed E-state index contributed by atoms with van der Waals surface area (Å²) >= 11 is 5.82. The van der Waals surface area contributed by atoms with Gasteiger partial charge in [0.25, 0.3) is 0 Å². The van der Waals surface area contributed by atoms with Gasteiger partial charge < -0.3 is 4.74 Å². The Morgan fingerprint density at radius 2 is 2.12 bits per heavy atom. The van der Waals surface area contributed by atoms with Gasteiger partial charge in [0.1, 0.15) is 5.92 Å². The summed E-state index contributed by atoms with van der Waals surface area (Å²) in [4.78, 5) is 23.2. The highest BCUT2D eigenvalue weighted by Crippen LogP contribution is 2.13. The Hall–Kier alpha value is -1.35. The standard InChI is InChI=1S/C13H15ClO3/c1-3-17-13(16)9(2)12(15)8-10-5-4-6-11(14)7-10/h4-7,9H,3,8H2,1-2H3/t9-/m1/s1. The van der Waals surface area contributed by atoms with Crippen LogP contribution < -0.4 is 0 Å². The number of rotatable bonds is 5. The van der Waals surface area contributed by atoms with E-state index in [2.05, 4.69) is 0 Å². The summed E-state index contributed by atoms with van der Waals surface area (Å²) in [6, 6.07) is 7.04. The van der Waals surface area contributed by atoms with Gasteiger partial charge in [0.05, 0.1) is 6.61 Å². The van der Waals surface area contributed by atoms with Crippen molar-refractivity contribution in [1.82, 2.24) is 0 Å². The molecule has 1 rings (SSSR count). The number of carbonyl (C=O) groups excluding carboxylic acids is 2. The van der Waals surface area contributed by atoms with Crippen molar-refractivity contribution < 1.29 is 14.3 Å². The number of hydrogen-bond donors (Lipinski definition) is 0. The first-order chi connectivity index (χ1) is 8.04. The summed E-state index contributed by atoms with van der Waals surface area (Å²) in [7, 11) is 0. The average Bonchev–Trinajstić information content (AvgIpc) is 2.28. The summed E-state index contributed by atoms with van der Waals surface area (Å²) in [5, 5.41) is 0.582. The number of hydrogen-bond acceptors (Lipinski definition) is 3. The van der Waals surface area contributed by atoms with Crippen LogP contribution in [0.15, 0.2) is 24.3 Å². The zero-order chi connectivity index (χ0) is 12.8. The van der Waals surface area contributed by atoms with Crippen molar-refractivity contribution in [2.45, 2.75) is 20.3 Å². The lowest BCUT2D eigenvalue weighted by Crippen LogP contribution is -2.24. The maximum atomic E-state index is 11.8. The third-order valence-corrected chi connectivity index (χ3v) is 2.63. The molecule has 0 aromatic heterocycles. The fourth-order valence-corrected chi connectivity index (χ4v) is 1.61. The third kappa shape index (κ3) is 4.19. The zero-order valence-corrected chi connectivity index (χ0v) is 10.7. The Labute approximate surface area is 106 Å². The summed E-state index contributed by atoms with van der Waals surface area (Å²) < 4.78 is 4.80. The lowest BCUT2D eigenvalue weighted by atomic mass is 10.00. The van der Waals surface area contributed by atoms with Crippen molar-refractivity contribution in [2.24, 2.45) is 5.92 Å². The Balaban J connectivity index is 2.63. The van der Waals surface area contributed by atoms with E-state index in [9.17, 15) is 9.59 Å². The highest BCUT2D eigenvalue weighted by atomic mass is 35.5. The molecule has 0 aliphatic rings. The summed E-state index contributed by atoms with van der Waals surface area (Å²) in [5.41, 5.74) is 0.804. The number of halogens is 1. The molecule has 0 saturated carbocycles. The molecule has 1 aromatic rings. The average molecular weight is 255 g/mol. The Bertz CT molecular complexity index is 415. The summed E-state index contributed by atoms with van der Waals surface area (Å²) in [5.74, 6) is -1.36. The molecule has 0 bridgehead atoms. The molecular weight excluding hydrogens is 240 g/mol. The van der Waals surface area contributed by atoms with Crippen molar-refractivity contribution in [3.63, 3.8) is 0 Å². The van der Waals surface area contributed by atoms with E-state index in [1.807, 2.05) is 6.07 Å². The van der Waals surface area contributed by atoms with Crippen LogP contribution in [0, 0.1) is 5.92 Å². The second kappa shape index (κ2) is 6.40. The number of ether oxygens (including phenoxy) is 1. The van der Waals surface area contributed by atoms with Gasteiger partial charge in [-0.3, -0.25) is 9.59 Å². The topological polar surface area (TPSA) is 43.4 Å². The van der Waals surface area contributed by atoms with Crippen LogP contribution in [0.25, 0.3) is 0 Å². The number of ketones is 1. The van der Waals surface area contributed by atoms with Gasteiger partial charge in [-0.2, -0.15) is 0 Å². The van der Waals surface area contributed by atoms with Crippen LogP contribution in [0.3, 0.4) is 0 Å². The van der Waals surface area contributed by atoms with Gasteiger partial charge in [0.2, 0.25) is 0 Å². The molecule has 0 fully saturated rings. The third-order valence-electron chi connectivity index (χ3n) is 2.39. The minimum atomic E-state index is -0.728. The molecular formula is C13H15ClO3. The lowest BCUT2D eigenvalue weighted by Gasteiger charge is -2.09. The van der Waals surface area contributed by atoms with E-state index >= 15 is 0 Å². The van der Waals surface area contributed by atoms with Gasteiger partial charge in [0, 0.05) is 11.4 Å². The molecule has 17 heavy (non-hydrogen) atoms. The molecule has 0 spiro atoms. The van der Waals surface area contributed by atoms with Crippen LogP contribution in [-0.4, -0.2) is 18.4 Å². The monoisotopic (exact) mass is 254 g/mol. The second-order valence-corrected chi connectivity index (χ2v) is 4.18. The Kier molecular flexibility index (Phi) is 5.16. The molecule has 1 aromatic carbocycles. The number of Topliss-reactive ketones (excluding diaryl/α,β-unsaturated/α-hetero) is 1. The Morgan fingerprint density at radius 1 is 1.41 bits per heavy atom. The van der Waals surface area contributed by atoms with E-state index < -0.39 is 11.9 Å². The SMILES string of the molecule is CCOC(=O)[C@H](C)C(=O)Cc1cccc(Cl)c1.